The summed E-state index contributed by atoms with van der Waals surface area (Å²) in [5.41, 5.74) is 2.57. The average Bonchev–Trinajstić information content (AvgIpc) is 2.49. The van der Waals surface area contributed by atoms with Crippen LogP contribution >= 0.6 is 0 Å². The molecular weight excluding hydrogens is 260 g/mol. The molecule has 1 rings (SSSR count). The van der Waals surface area contributed by atoms with Crippen molar-refractivity contribution in [2.45, 2.75) is 65.7 Å². The number of hydrogen-bond acceptors (Lipinski definition) is 2. The number of rotatable bonds is 10. The lowest BCUT2D eigenvalue weighted by molar-refractivity contribution is -0.145. The Morgan fingerprint density at radius 1 is 1.14 bits per heavy atom. The van der Waals surface area contributed by atoms with E-state index < -0.39 is 0 Å². The van der Waals surface area contributed by atoms with E-state index in [-0.39, 0.29) is 5.97 Å². The molecule has 1 unspecified atom stereocenters. The molecule has 0 N–H and O–H groups in total. The Bertz CT molecular complexity index is 395. The van der Waals surface area contributed by atoms with E-state index in [4.69, 9.17) is 4.74 Å². The van der Waals surface area contributed by atoms with E-state index in [0.717, 1.165) is 19.3 Å². The van der Waals surface area contributed by atoms with Crippen molar-refractivity contribution >= 4 is 5.97 Å². The van der Waals surface area contributed by atoms with Crippen LogP contribution in [0.1, 0.15) is 63.5 Å². The Hall–Kier alpha value is -1.31. The van der Waals surface area contributed by atoms with Crippen molar-refractivity contribution in [3.05, 3.63) is 35.4 Å². The zero-order chi connectivity index (χ0) is 15.5. The Morgan fingerprint density at radius 3 is 2.48 bits per heavy atom. The number of carbonyl (C=O) groups is 1. The third kappa shape index (κ3) is 7.89. The molecule has 2 heteroatoms. The molecule has 0 aliphatic heterocycles. The van der Waals surface area contributed by atoms with Gasteiger partial charge in [0.2, 0.25) is 0 Å². The van der Waals surface area contributed by atoms with Crippen molar-refractivity contribution in [2.24, 2.45) is 5.92 Å². The number of hydrogen-bond donors (Lipinski definition) is 0. The van der Waals surface area contributed by atoms with Gasteiger partial charge in [0.25, 0.3) is 0 Å². The predicted molar refractivity (Wildman–Crippen MR) is 88.4 cm³/mol. The molecule has 1 aromatic rings. The first-order chi connectivity index (χ1) is 10.2. The number of unbranched alkanes of at least 4 members (excludes halogenated alkanes) is 1. The maximum atomic E-state index is 11.8. The molecule has 0 aromatic heterocycles. The Kier molecular flexibility index (Phi) is 8.80. The number of aryl methyl sites for hydroxylation is 2. The summed E-state index contributed by atoms with van der Waals surface area (Å²) in [4.78, 5) is 11.8. The second-order valence-corrected chi connectivity index (χ2v) is 5.94. The maximum absolute atomic E-state index is 11.8. The van der Waals surface area contributed by atoms with Crippen molar-refractivity contribution in [3.63, 3.8) is 0 Å². The number of benzene rings is 1. The molecule has 0 radical (unpaired) electrons. The van der Waals surface area contributed by atoms with Crippen molar-refractivity contribution in [1.82, 2.24) is 0 Å². The summed E-state index contributed by atoms with van der Waals surface area (Å²) < 4.78 is 5.41. The predicted octanol–water partition coefficient (Wildman–Crippen LogP) is 5.08. The van der Waals surface area contributed by atoms with E-state index in [1.165, 1.54) is 30.4 Å². The average molecular weight is 290 g/mol. The highest BCUT2D eigenvalue weighted by atomic mass is 16.5. The fourth-order valence-electron chi connectivity index (χ4n) is 2.37. The lowest BCUT2D eigenvalue weighted by atomic mass is 10.0. The third-order valence-electron chi connectivity index (χ3n) is 3.99. The minimum atomic E-state index is -0.0444. The summed E-state index contributed by atoms with van der Waals surface area (Å²) in [5, 5.41) is 0. The summed E-state index contributed by atoms with van der Waals surface area (Å²) in [6.07, 6.45) is 7.04. The van der Waals surface area contributed by atoms with Crippen LogP contribution in [-0.4, -0.2) is 12.6 Å². The fourth-order valence-corrected chi connectivity index (χ4v) is 2.37. The van der Waals surface area contributed by atoms with Gasteiger partial charge in [0.05, 0.1) is 6.61 Å². The monoisotopic (exact) mass is 290 g/mol. The van der Waals surface area contributed by atoms with Crippen LogP contribution in [0.25, 0.3) is 0 Å². The van der Waals surface area contributed by atoms with Gasteiger partial charge < -0.3 is 4.74 Å². The summed E-state index contributed by atoms with van der Waals surface area (Å²) in [6.45, 7) is 7.05. The van der Waals surface area contributed by atoms with Crippen LogP contribution in [0.5, 0.6) is 0 Å². The van der Waals surface area contributed by atoms with Gasteiger partial charge in [0.15, 0.2) is 0 Å². The number of esters is 1. The molecule has 0 bridgehead atoms. The maximum Gasteiger partial charge on any atom is 0.305 e. The summed E-state index contributed by atoms with van der Waals surface area (Å²) in [5.74, 6) is 0.489. The molecule has 1 atom stereocenters. The highest BCUT2D eigenvalue weighted by Gasteiger charge is 2.09. The molecule has 2 nitrogen and oxygen atoms in total. The van der Waals surface area contributed by atoms with Gasteiger partial charge in [0, 0.05) is 6.42 Å². The molecule has 0 saturated carbocycles. The minimum absolute atomic E-state index is 0.0444. The first-order valence-corrected chi connectivity index (χ1v) is 8.36. The van der Waals surface area contributed by atoms with E-state index in [0.29, 0.717) is 18.9 Å². The van der Waals surface area contributed by atoms with Gasteiger partial charge in [-0.1, -0.05) is 62.9 Å². The lowest BCUT2D eigenvalue weighted by Gasteiger charge is -2.14. The first kappa shape index (κ1) is 17.7. The Balaban J connectivity index is 2.17. The molecular formula is C19H30O2. The Morgan fingerprint density at radius 2 is 1.86 bits per heavy atom. The van der Waals surface area contributed by atoms with Gasteiger partial charge in [-0.15, -0.1) is 0 Å². The van der Waals surface area contributed by atoms with Crippen molar-refractivity contribution in [2.75, 3.05) is 6.61 Å². The number of carbonyl (C=O) groups excluding carboxylic acids is 1. The smallest absolute Gasteiger partial charge is 0.305 e. The summed E-state index contributed by atoms with van der Waals surface area (Å²) >= 11 is 0. The SMILES string of the molecule is CCCCC(CC)COC(=O)CCCc1ccc(C)cc1. The molecule has 0 fully saturated rings. The van der Waals surface area contributed by atoms with Crippen LogP contribution in [0.15, 0.2) is 24.3 Å². The number of ether oxygens (including phenoxy) is 1. The highest BCUT2D eigenvalue weighted by Crippen LogP contribution is 2.14. The molecule has 21 heavy (non-hydrogen) atoms. The molecule has 0 amide bonds. The quantitative estimate of drug-likeness (QED) is 0.562. The Labute approximate surface area is 129 Å². The third-order valence-corrected chi connectivity index (χ3v) is 3.99. The summed E-state index contributed by atoms with van der Waals surface area (Å²) in [7, 11) is 0. The first-order valence-electron chi connectivity index (χ1n) is 8.36. The van der Waals surface area contributed by atoms with Crippen LogP contribution in [-0.2, 0) is 16.0 Å². The van der Waals surface area contributed by atoms with Crippen molar-refractivity contribution in [1.29, 1.82) is 0 Å². The van der Waals surface area contributed by atoms with Crippen LogP contribution in [0.4, 0.5) is 0 Å². The summed E-state index contributed by atoms with van der Waals surface area (Å²) in [6, 6.07) is 8.51. The van der Waals surface area contributed by atoms with Crippen LogP contribution < -0.4 is 0 Å². The zero-order valence-electron chi connectivity index (χ0n) is 13.9. The van der Waals surface area contributed by atoms with Gasteiger partial charge in [-0.3, -0.25) is 4.79 Å². The topological polar surface area (TPSA) is 26.3 Å². The highest BCUT2D eigenvalue weighted by molar-refractivity contribution is 5.69. The van der Waals surface area contributed by atoms with Gasteiger partial charge in [0.1, 0.15) is 0 Å². The second-order valence-electron chi connectivity index (χ2n) is 5.94. The second kappa shape index (κ2) is 10.4. The van der Waals surface area contributed by atoms with E-state index in [1.807, 2.05) is 0 Å². The lowest BCUT2D eigenvalue weighted by Crippen LogP contribution is -2.13. The van der Waals surface area contributed by atoms with Crippen LogP contribution in [0.2, 0.25) is 0 Å². The normalized spacial score (nSPS) is 12.1. The zero-order valence-corrected chi connectivity index (χ0v) is 13.9. The fraction of sp³-hybridized carbons (Fsp3) is 0.632. The van der Waals surface area contributed by atoms with Crippen molar-refractivity contribution in [3.8, 4) is 0 Å². The largest absolute Gasteiger partial charge is 0.465 e. The molecule has 1 aromatic carbocycles. The minimum Gasteiger partial charge on any atom is -0.465 e. The standard InChI is InChI=1S/C19H30O2/c1-4-6-8-17(5-2)15-21-19(20)10-7-9-18-13-11-16(3)12-14-18/h11-14,17H,4-10,15H2,1-3H3. The van der Waals surface area contributed by atoms with Gasteiger partial charge >= 0.3 is 5.97 Å². The molecule has 0 heterocycles. The molecule has 0 aliphatic rings. The van der Waals surface area contributed by atoms with E-state index in [2.05, 4.69) is 45.0 Å². The van der Waals surface area contributed by atoms with Gasteiger partial charge in [-0.05, 0) is 37.7 Å². The molecule has 0 saturated heterocycles. The van der Waals surface area contributed by atoms with E-state index in [9.17, 15) is 4.79 Å². The van der Waals surface area contributed by atoms with Gasteiger partial charge in [-0.2, -0.15) is 0 Å². The molecule has 0 spiro atoms. The molecule has 0 aliphatic carbocycles. The van der Waals surface area contributed by atoms with Crippen LogP contribution in [0.3, 0.4) is 0 Å². The van der Waals surface area contributed by atoms with Crippen molar-refractivity contribution < 1.29 is 9.53 Å². The van der Waals surface area contributed by atoms with Crippen LogP contribution in [0, 0.1) is 12.8 Å². The van der Waals surface area contributed by atoms with Gasteiger partial charge in [-0.25, -0.2) is 0 Å². The van der Waals surface area contributed by atoms with E-state index >= 15 is 0 Å². The van der Waals surface area contributed by atoms with E-state index in [1.54, 1.807) is 0 Å². The molecule has 118 valence electrons.